The lowest BCUT2D eigenvalue weighted by Crippen LogP contribution is -2.19. The van der Waals surface area contributed by atoms with Crippen LogP contribution < -0.4 is 10.6 Å². The first-order valence-corrected chi connectivity index (χ1v) is 7.29. The van der Waals surface area contributed by atoms with Crippen LogP contribution in [-0.4, -0.2) is 15.9 Å². The Morgan fingerprint density at radius 1 is 1.00 bits per heavy atom. The zero-order valence-electron chi connectivity index (χ0n) is 12.0. The number of hydrogen-bond acceptors (Lipinski definition) is 2. The van der Waals surface area contributed by atoms with Crippen LogP contribution in [0.1, 0.15) is 17.3 Å². The summed E-state index contributed by atoms with van der Waals surface area (Å²) in [5.41, 5.74) is 3.53. The van der Waals surface area contributed by atoms with Gasteiger partial charge in [0, 0.05) is 34.0 Å². The summed E-state index contributed by atoms with van der Waals surface area (Å²) in [6.07, 6.45) is 1.90. The van der Waals surface area contributed by atoms with Crippen molar-refractivity contribution < 1.29 is 4.79 Å². The number of thiocarbonyl (C=S) groups is 1. The highest BCUT2D eigenvalue weighted by atomic mass is 32.1. The second-order valence-corrected chi connectivity index (χ2v) is 5.40. The van der Waals surface area contributed by atoms with E-state index in [-0.39, 0.29) is 5.78 Å². The SMILES string of the molecule is CC(=O)c1ccc(NC(=S)Nc2ccc3[nH]ccc3c2)cc1. The molecule has 0 amide bonds. The summed E-state index contributed by atoms with van der Waals surface area (Å²) in [4.78, 5) is 14.4. The Hall–Kier alpha value is -2.66. The largest absolute Gasteiger partial charge is 0.361 e. The van der Waals surface area contributed by atoms with Gasteiger partial charge in [-0.15, -0.1) is 0 Å². The number of aromatic amines is 1. The fraction of sp³-hybridized carbons (Fsp3) is 0.0588. The smallest absolute Gasteiger partial charge is 0.175 e. The van der Waals surface area contributed by atoms with Crippen molar-refractivity contribution in [1.29, 1.82) is 0 Å². The maximum atomic E-state index is 11.2. The normalized spacial score (nSPS) is 10.4. The monoisotopic (exact) mass is 309 g/mol. The molecular weight excluding hydrogens is 294 g/mol. The number of fused-ring (bicyclic) bond motifs is 1. The van der Waals surface area contributed by atoms with E-state index in [1.165, 1.54) is 0 Å². The van der Waals surface area contributed by atoms with Crippen molar-refractivity contribution in [2.45, 2.75) is 6.92 Å². The maximum absolute atomic E-state index is 11.2. The molecule has 0 bridgehead atoms. The van der Waals surface area contributed by atoms with E-state index >= 15 is 0 Å². The molecule has 0 fully saturated rings. The lowest BCUT2D eigenvalue weighted by atomic mass is 10.1. The molecule has 110 valence electrons. The van der Waals surface area contributed by atoms with Gasteiger partial charge in [-0.2, -0.15) is 0 Å². The fourth-order valence-electron chi connectivity index (χ4n) is 2.21. The number of carbonyl (C=O) groups is 1. The maximum Gasteiger partial charge on any atom is 0.175 e. The molecule has 0 saturated carbocycles. The number of Topliss-reactive ketones (excluding diaryl/α,β-unsaturated/α-hetero) is 1. The van der Waals surface area contributed by atoms with Crippen LogP contribution in [0.5, 0.6) is 0 Å². The summed E-state index contributed by atoms with van der Waals surface area (Å²) in [7, 11) is 0. The lowest BCUT2D eigenvalue weighted by Gasteiger charge is -2.11. The minimum atomic E-state index is 0.0482. The van der Waals surface area contributed by atoms with Crippen LogP contribution in [0.3, 0.4) is 0 Å². The minimum absolute atomic E-state index is 0.0482. The third-order valence-corrected chi connectivity index (χ3v) is 3.56. The second kappa shape index (κ2) is 5.99. The van der Waals surface area contributed by atoms with E-state index in [0.29, 0.717) is 10.7 Å². The highest BCUT2D eigenvalue weighted by molar-refractivity contribution is 7.80. The van der Waals surface area contributed by atoms with Gasteiger partial charge in [-0.1, -0.05) is 0 Å². The number of aromatic nitrogens is 1. The highest BCUT2D eigenvalue weighted by Crippen LogP contribution is 2.18. The zero-order valence-corrected chi connectivity index (χ0v) is 12.8. The average molecular weight is 309 g/mol. The number of benzene rings is 2. The summed E-state index contributed by atoms with van der Waals surface area (Å²) in [6, 6.07) is 15.2. The molecular formula is C17H15N3OS. The molecule has 0 radical (unpaired) electrons. The number of nitrogens with one attached hydrogen (secondary N) is 3. The number of ketones is 1. The zero-order chi connectivity index (χ0) is 15.5. The predicted molar refractivity (Wildman–Crippen MR) is 94.6 cm³/mol. The molecule has 2 aromatic carbocycles. The summed E-state index contributed by atoms with van der Waals surface area (Å²) >= 11 is 5.31. The summed E-state index contributed by atoms with van der Waals surface area (Å²) in [5, 5.41) is 7.88. The van der Waals surface area contributed by atoms with Crippen molar-refractivity contribution in [3.05, 3.63) is 60.3 Å². The number of carbonyl (C=O) groups excluding carboxylic acids is 1. The number of anilines is 2. The van der Waals surface area contributed by atoms with Crippen molar-refractivity contribution in [3.63, 3.8) is 0 Å². The van der Waals surface area contributed by atoms with Crippen molar-refractivity contribution in [2.24, 2.45) is 0 Å². The number of hydrogen-bond donors (Lipinski definition) is 3. The predicted octanol–water partition coefficient (Wildman–Crippen LogP) is 4.18. The number of rotatable bonds is 3. The topological polar surface area (TPSA) is 56.9 Å². The fourth-order valence-corrected chi connectivity index (χ4v) is 2.45. The highest BCUT2D eigenvalue weighted by Gasteiger charge is 2.02. The van der Waals surface area contributed by atoms with Crippen LogP contribution in [0, 0.1) is 0 Å². The van der Waals surface area contributed by atoms with Crippen molar-refractivity contribution in [1.82, 2.24) is 4.98 Å². The molecule has 0 saturated heterocycles. The molecule has 0 spiro atoms. The van der Waals surface area contributed by atoms with Gasteiger partial charge in [-0.25, -0.2) is 0 Å². The molecule has 5 heteroatoms. The first kappa shape index (κ1) is 14.3. The summed E-state index contributed by atoms with van der Waals surface area (Å²) in [6.45, 7) is 1.55. The van der Waals surface area contributed by atoms with Gasteiger partial charge < -0.3 is 15.6 Å². The quantitative estimate of drug-likeness (QED) is 0.502. The molecule has 0 atom stereocenters. The van der Waals surface area contributed by atoms with E-state index in [4.69, 9.17) is 12.2 Å². The number of H-pyrrole nitrogens is 1. The Morgan fingerprint density at radius 2 is 1.68 bits per heavy atom. The van der Waals surface area contributed by atoms with Gasteiger partial charge in [0.2, 0.25) is 0 Å². The van der Waals surface area contributed by atoms with E-state index in [1.807, 2.05) is 42.6 Å². The van der Waals surface area contributed by atoms with Gasteiger partial charge in [0.1, 0.15) is 0 Å². The van der Waals surface area contributed by atoms with E-state index in [2.05, 4.69) is 15.6 Å². The van der Waals surface area contributed by atoms with Gasteiger partial charge in [-0.05, 0) is 67.7 Å². The third kappa shape index (κ3) is 3.15. The third-order valence-electron chi connectivity index (χ3n) is 3.36. The summed E-state index contributed by atoms with van der Waals surface area (Å²) < 4.78 is 0. The minimum Gasteiger partial charge on any atom is -0.361 e. The van der Waals surface area contributed by atoms with Crippen LogP contribution >= 0.6 is 12.2 Å². The van der Waals surface area contributed by atoms with Crippen LogP contribution in [0.15, 0.2) is 54.7 Å². The standard InChI is InChI=1S/C17H15N3OS/c1-11(21)12-2-4-14(5-3-12)19-17(22)20-15-6-7-16-13(10-15)8-9-18-16/h2-10,18H,1H3,(H2,19,20,22). The first-order chi connectivity index (χ1) is 10.6. The van der Waals surface area contributed by atoms with Gasteiger partial charge >= 0.3 is 0 Å². The van der Waals surface area contributed by atoms with Crippen LogP contribution in [0.4, 0.5) is 11.4 Å². The Bertz CT molecular complexity index is 836. The van der Waals surface area contributed by atoms with Gasteiger partial charge in [0.25, 0.3) is 0 Å². The van der Waals surface area contributed by atoms with Crippen molar-refractivity contribution in [3.8, 4) is 0 Å². The van der Waals surface area contributed by atoms with Gasteiger partial charge in [-0.3, -0.25) is 4.79 Å². The van der Waals surface area contributed by atoms with Crippen molar-refractivity contribution >= 4 is 45.4 Å². The Morgan fingerprint density at radius 3 is 2.41 bits per heavy atom. The molecule has 0 aliphatic carbocycles. The molecule has 0 aliphatic heterocycles. The molecule has 3 aromatic rings. The van der Waals surface area contributed by atoms with E-state index in [0.717, 1.165) is 22.3 Å². The van der Waals surface area contributed by atoms with E-state index in [9.17, 15) is 4.79 Å². The van der Waals surface area contributed by atoms with Crippen LogP contribution in [-0.2, 0) is 0 Å². The molecule has 0 aliphatic rings. The Kier molecular flexibility index (Phi) is 3.89. The Labute approximate surface area is 133 Å². The van der Waals surface area contributed by atoms with Crippen LogP contribution in [0.2, 0.25) is 0 Å². The first-order valence-electron chi connectivity index (χ1n) is 6.88. The second-order valence-electron chi connectivity index (χ2n) is 4.99. The van der Waals surface area contributed by atoms with Gasteiger partial charge in [0.05, 0.1) is 0 Å². The molecule has 1 aromatic heterocycles. The van der Waals surface area contributed by atoms with E-state index in [1.54, 1.807) is 19.1 Å². The molecule has 4 nitrogen and oxygen atoms in total. The van der Waals surface area contributed by atoms with E-state index < -0.39 is 0 Å². The Balaban J connectivity index is 1.67. The molecule has 0 unspecified atom stereocenters. The average Bonchev–Trinajstić information content (AvgIpc) is 2.95. The lowest BCUT2D eigenvalue weighted by molar-refractivity contribution is 0.101. The summed E-state index contributed by atoms with van der Waals surface area (Å²) in [5.74, 6) is 0.0482. The molecule has 3 N–H and O–H groups in total. The van der Waals surface area contributed by atoms with Gasteiger partial charge in [0.15, 0.2) is 10.9 Å². The molecule has 22 heavy (non-hydrogen) atoms. The molecule has 1 heterocycles. The van der Waals surface area contributed by atoms with Crippen LogP contribution in [0.25, 0.3) is 10.9 Å². The molecule has 3 rings (SSSR count). The van der Waals surface area contributed by atoms with Crippen molar-refractivity contribution in [2.75, 3.05) is 10.6 Å².